The van der Waals surface area contributed by atoms with Gasteiger partial charge in [0.15, 0.2) is 9.84 Å². The number of amides is 1. The van der Waals surface area contributed by atoms with Crippen LogP contribution in [0, 0.1) is 0 Å². The highest BCUT2D eigenvalue weighted by Gasteiger charge is 2.33. The summed E-state index contributed by atoms with van der Waals surface area (Å²) in [6, 6.07) is 2.56. The Bertz CT molecular complexity index is 638. The van der Waals surface area contributed by atoms with E-state index in [0.717, 1.165) is 0 Å². The van der Waals surface area contributed by atoms with Crippen molar-refractivity contribution in [2.75, 3.05) is 24.3 Å². The second-order valence-corrected chi connectivity index (χ2v) is 7.85. The van der Waals surface area contributed by atoms with Crippen molar-refractivity contribution in [3.63, 3.8) is 0 Å². The molecule has 5 nitrogen and oxygen atoms in total. The molecule has 0 saturated carbocycles. The van der Waals surface area contributed by atoms with Crippen molar-refractivity contribution < 1.29 is 13.2 Å². The quantitative estimate of drug-likeness (QED) is 0.835. The molecule has 110 valence electrons. The Labute approximate surface area is 127 Å². The van der Waals surface area contributed by atoms with Crippen LogP contribution in [0.5, 0.6) is 0 Å². The Morgan fingerprint density at radius 1 is 1.40 bits per heavy atom. The zero-order chi connectivity index (χ0) is 15.1. The van der Waals surface area contributed by atoms with Gasteiger partial charge >= 0.3 is 0 Å². The first-order chi connectivity index (χ1) is 9.21. The van der Waals surface area contributed by atoms with Crippen molar-refractivity contribution in [2.24, 2.45) is 0 Å². The summed E-state index contributed by atoms with van der Waals surface area (Å²) >= 11 is 11.7. The summed E-state index contributed by atoms with van der Waals surface area (Å²) in [5, 5.41) is 0.400. The standard InChI is InChI=1S/C12H14Cl2N2O3S/c1-16(8-2-3-20(18,19)6-8)12(17)7-4-9(13)11(14)10(15)5-7/h4-5,8H,2-3,6,15H2,1H3. The summed E-state index contributed by atoms with van der Waals surface area (Å²) in [7, 11) is -1.47. The summed E-state index contributed by atoms with van der Waals surface area (Å²) in [5.74, 6) is -0.220. The van der Waals surface area contributed by atoms with E-state index in [9.17, 15) is 13.2 Å². The first-order valence-electron chi connectivity index (χ1n) is 5.93. The molecule has 1 heterocycles. The molecule has 1 saturated heterocycles. The number of nitrogen functional groups attached to an aromatic ring is 1. The Hall–Kier alpha value is -0.980. The number of benzene rings is 1. The first-order valence-corrected chi connectivity index (χ1v) is 8.51. The molecule has 2 N–H and O–H groups in total. The molecule has 1 aromatic carbocycles. The van der Waals surface area contributed by atoms with Gasteiger partial charge in [0.2, 0.25) is 0 Å². The molecule has 2 rings (SSSR count). The third-order valence-corrected chi connectivity index (χ3v) is 5.95. The van der Waals surface area contributed by atoms with Crippen LogP contribution in [0.1, 0.15) is 16.8 Å². The fraction of sp³-hybridized carbons (Fsp3) is 0.417. The first kappa shape index (κ1) is 15.4. The van der Waals surface area contributed by atoms with Gasteiger partial charge in [0.05, 0.1) is 27.2 Å². The Kier molecular flexibility index (Phi) is 4.18. The number of nitrogens with two attached hydrogens (primary N) is 1. The second-order valence-electron chi connectivity index (χ2n) is 4.83. The monoisotopic (exact) mass is 336 g/mol. The van der Waals surface area contributed by atoms with Gasteiger partial charge in [-0.3, -0.25) is 4.79 Å². The van der Waals surface area contributed by atoms with Gasteiger partial charge < -0.3 is 10.6 Å². The summed E-state index contributed by atoms with van der Waals surface area (Å²) in [6.07, 6.45) is 0.446. The van der Waals surface area contributed by atoms with Crippen LogP contribution in [-0.4, -0.2) is 43.8 Å². The van der Waals surface area contributed by atoms with Crippen LogP contribution in [0.25, 0.3) is 0 Å². The number of nitrogens with zero attached hydrogens (tertiary/aromatic N) is 1. The fourth-order valence-electron chi connectivity index (χ4n) is 2.18. The molecule has 1 aliphatic rings. The lowest BCUT2D eigenvalue weighted by Gasteiger charge is -2.23. The van der Waals surface area contributed by atoms with Crippen molar-refractivity contribution in [2.45, 2.75) is 12.5 Å². The number of carbonyl (C=O) groups excluding carboxylic acids is 1. The average Bonchev–Trinajstić information content (AvgIpc) is 2.74. The molecule has 0 bridgehead atoms. The Morgan fingerprint density at radius 3 is 2.55 bits per heavy atom. The van der Waals surface area contributed by atoms with E-state index < -0.39 is 9.84 Å². The number of anilines is 1. The smallest absolute Gasteiger partial charge is 0.254 e. The Balaban J connectivity index is 2.24. The van der Waals surface area contributed by atoms with Gasteiger partial charge in [-0.15, -0.1) is 0 Å². The third kappa shape index (κ3) is 3.02. The van der Waals surface area contributed by atoms with E-state index in [-0.39, 0.29) is 39.2 Å². The molecule has 1 aliphatic heterocycles. The van der Waals surface area contributed by atoms with Crippen LogP contribution in [0.4, 0.5) is 5.69 Å². The molecule has 0 aromatic heterocycles. The van der Waals surface area contributed by atoms with Gasteiger partial charge in [0.25, 0.3) is 5.91 Å². The van der Waals surface area contributed by atoms with E-state index in [4.69, 9.17) is 28.9 Å². The van der Waals surface area contributed by atoms with Crippen LogP contribution in [0.15, 0.2) is 12.1 Å². The molecule has 0 spiro atoms. The molecule has 0 aliphatic carbocycles. The summed E-state index contributed by atoms with van der Waals surface area (Å²) in [6.45, 7) is 0. The van der Waals surface area contributed by atoms with E-state index in [1.807, 2.05) is 0 Å². The van der Waals surface area contributed by atoms with Crippen LogP contribution in [0.2, 0.25) is 10.0 Å². The van der Waals surface area contributed by atoms with Crippen molar-refractivity contribution in [3.05, 3.63) is 27.7 Å². The molecule has 0 radical (unpaired) electrons. The number of carbonyl (C=O) groups is 1. The molecule has 20 heavy (non-hydrogen) atoms. The van der Waals surface area contributed by atoms with Gasteiger partial charge in [-0.05, 0) is 18.6 Å². The second kappa shape index (κ2) is 5.42. The lowest BCUT2D eigenvalue weighted by molar-refractivity contribution is 0.0748. The predicted molar refractivity (Wildman–Crippen MR) is 80.0 cm³/mol. The van der Waals surface area contributed by atoms with E-state index in [2.05, 4.69) is 0 Å². The van der Waals surface area contributed by atoms with Crippen LogP contribution >= 0.6 is 23.2 Å². The SMILES string of the molecule is CN(C(=O)c1cc(N)c(Cl)c(Cl)c1)C1CCS(=O)(=O)C1. The lowest BCUT2D eigenvalue weighted by Crippen LogP contribution is -2.37. The number of halogens is 2. The summed E-state index contributed by atoms with van der Waals surface area (Å²) in [4.78, 5) is 13.8. The van der Waals surface area contributed by atoms with E-state index in [1.165, 1.54) is 17.0 Å². The number of sulfone groups is 1. The third-order valence-electron chi connectivity index (χ3n) is 3.38. The van der Waals surface area contributed by atoms with Crippen molar-refractivity contribution in [1.82, 2.24) is 4.90 Å². The maximum absolute atomic E-state index is 12.3. The predicted octanol–water partition coefficient (Wildman–Crippen LogP) is 1.83. The highest BCUT2D eigenvalue weighted by Crippen LogP contribution is 2.30. The summed E-state index contributed by atoms with van der Waals surface area (Å²) < 4.78 is 22.9. The largest absolute Gasteiger partial charge is 0.397 e. The highest BCUT2D eigenvalue weighted by molar-refractivity contribution is 7.91. The number of hydrogen-bond donors (Lipinski definition) is 1. The van der Waals surface area contributed by atoms with Crippen molar-refractivity contribution in [3.8, 4) is 0 Å². The summed E-state index contributed by atoms with van der Waals surface area (Å²) in [5.41, 5.74) is 6.19. The minimum absolute atomic E-state index is 0.00789. The maximum Gasteiger partial charge on any atom is 0.254 e. The number of rotatable bonds is 2. The van der Waals surface area contributed by atoms with Crippen LogP contribution in [0.3, 0.4) is 0 Å². The van der Waals surface area contributed by atoms with Gasteiger partial charge in [0, 0.05) is 18.7 Å². The van der Waals surface area contributed by atoms with E-state index in [0.29, 0.717) is 12.0 Å². The molecule has 8 heteroatoms. The zero-order valence-corrected chi connectivity index (χ0v) is 13.1. The molecule has 1 unspecified atom stereocenters. The van der Waals surface area contributed by atoms with Gasteiger partial charge in [0.1, 0.15) is 0 Å². The topological polar surface area (TPSA) is 80.5 Å². The van der Waals surface area contributed by atoms with Gasteiger partial charge in [-0.2, -0.15) is 0 Å². The average molecular weight is 337 g/mol. The normalized spacial score (nSPS) is 20.9. The minimum Gasteiger partial charge on any atom is -0.397 e. The lowest BCUT2D eigenvalue weighted by atomic mass is 10.1. The Morgan fingerprint density at radius 2 is 2.05 bits per heavy atom. The molecular formula is C12H14Cl2N2O3S. The van der Waals surface area contributed by atoms with Gasteiger partial charge in [-0.1, -0.05) is 23.2 Å². The maximum atomic E-state index is 12.3. The number of hydrogen-bond acceptors (Lipinski definition) is 4. The molecular weight excluding hydrogens is 323 g/mol. The van der Waals surface area contributed by atoms with Gasteiger partial charge in [-0.25, -0.2) is 8.42 Å². The van der Waals surface area contributed by atoms with Crippen molar-refractivity contribution >= 4 is 44.6 Å². The molecule has 1 atom stereocenters. The fourth-order valence-corrected chi connectivity index (χ4v) is 4.29. The highest BCUT2D eigenvalue weighted by atomic mass is 35.5. The van der Waals surface area contributed by atoms with E-state index in [1.54, 1.807) is 7.05 Å². The zero-order valence-electron chi connectivity index (χ0n) is 10.8. The molecule has 1 fully saturated rings. The van der Waals surface area contributed by atoms with Crippen LogP contribution < -0.4 is 5.73 Å². The molecule has 1 aromatic rings. The van der Waals surface area contributed by atoms with Crippen LogP contribution in [-0.2, 0) is 9.84 Å². The van der Waals surface area contributed by atoms with E-state index >= 15 is 0 Å². The van der Waals surface area contributed by atoms with Crippen molar-refractivity contribution in [1.29, 1.82) is 0 Å². The molecule has 1 amide bonds. The minimum atomic E-state index is -3.04.